The van der Waals surface area contributed by atoms with Crippen LogP contribution in [0, 0.1) is 17.1 Å². The smallest absolute Gasteiger partial charge is 0.230 e. The minimum absolute atomic E-state index is 0.00655. The molecule has 1 aliphatic heterocycles. The highest BCUT2D eigenvalue weighted by molar-refractivity contribution is 5.92. The summed E-state index contributed by atoms with van der Waals surface area (Å²) in [5.41, 5.74) is 0.0333. The largest absolute Gasteiger partial charge is 0.352 e. The molecule has 1 aliphatic carbocycles. The molecule has 2 N–H and O–H groups in total. The van der Waals surface area contributed by atoms with Gasteiger partial charge in [-0.3, -0.25) is 9.59 Å². The second kappa shape index (κ2) is 5.65. The van der Waals surface area contributed by atoms with Gasteiger partial charge in [0, 0.05) is 18.5 Å². The summed E-state index contributed by atoms with van der Waals surface area (Å²) < 4.78 is 13.7. The normalized spacial score (nSPS) is 25.2. The number of piperidine rings is 1. The van der Waals surface area contributed by atoms with Crippen LogP contribution in [0.3, 0.4) is 0 Å². The Balaban J connectivity index is 1.78. The lowest BCUT2D eigenvalue weighted by atomic mass is 9.91. The lowest BCUT2D eigenvalue weighted by Gasteiger charge is -2.31. The molecule has 1 saturated carbocycles. The van der Waals surface area contributed by atoms with E-state index in [2.05, 4.69) is 10.6 Å². The van der Waals surface area contributed by atoms with Crippen LogP contribution >= 0.6 is 0 Å². The van der Waals surface area contributed by atoms with Gasteiger partial charge in [-0.2, -0.15) is 5.26 Å². The van der Waals surface area contributed by atoms with Gasteiger partial charge in [-0.25, -0.2) is 4.39 Å². The number of hydrogen-bond donors (Lipinski definition) is 2. The zero-order chi connectivity index (χ0) is 16.6. The number of hydrogen-bond acceptors (Lipinski definition) is 3. The van der Waals surface area contributed by atoms with Crippen molar-refractivity contribution in [2.45, 2.75) is 50.1 Å². The zero-order valence-corrected chi connectivity index (χ0v) is 12.9. The predicted octanol–water partition coefficient (Wildman–Crippen LogP) is 1.51. The maximum absolute atomic E-state index is 13.7. The number of nitrogens with one attached hydrogen (secondary N) is 2. The number of carbonyl (C=O) groups is 2. The van der Waals surface area contributed by atoms with Crippen LogP contribution in [0.4, 0.5) is 4.39 Å². The van der Waals surface area contributed by atoms with Gasteiger partial charge in [0.2, 0.25) is 11.8 Å². The van der Waals surface area contributed by atoms with Crippen LogP contribution in [0.2, 0.25) is 0 Å². The maximum Gasteiger partial charge on any atom is 0.230 e. The summed E-state index contributed by atoms with van der Waals surface area (Å²) >= 11 is 0. The number of nitriles is 1. The summed E-state index contributed by atoms with van der Waals surface area (Å²) in [6, 6.07) is 5.75. The highest BCUT2D eigenvalue weighted by atomic mass is 19.1. The summed E-state index contributed by atoms with van der Waals surface area (Å²) in [6.07, 6.45) is 2.27. The minimum atomic E-state index is -0.741. The Bertz CT molecular complexity index is 706. The Morgan fingerprint density at radius 3 is 2.78 bits per heavy atom. The standard InChI is InChI=1S/C17H18FN3O2/c1-10-14(2-3-15(22)20-10)21-16(23)17(4-5-17)12-6-11(9-19)7-13(18)8-12/h6-8,10,14H,2-5H2,1H3,(H,20,22)(H,21,23). The molecule has 0 spiro atoms. The molecule has 2 fully saturated rings. The van der Waals surface area contributed by atoms with E-state index in [0.29, 0.717) is 31.2 Å². The maximum atomic E-state index is 13.7. The second-order valence-corrected chi connectivity index (χ2v) is 6.40. The molecule has 3 rings (SSSR count). The Kier molecular flexibility index (Phi) is 3.80. The average Bonchev–Trinajstić information content (AvgIpc) is 3.31. The molecule has 6 heteroatoms. The summed E-state index contributed by atoms with van der Waals surface area (Å²) in [5, 5.41) is 14.8. The molecule has 1 saturated heterocycles. The van der Waals surface area contributed by atoms with Crippen molar-refractivity contribution in [2.75, 3.05) is 0 Å². The van der Waals surface area contributed by atoms with E-state index in [9.17, 15) is 14.0 Å². The van der Waals surface area contributed by atoms with Crippen LogP contribution in [-0.4, -0.2) is 23.9 Å². The van der Waals surface area contributed by atoms with Crippen LogP contribution in [0.15, 0.2) is 18.2 Å². The first kappa shape index (κ1) is 15.5. The first-order valence-electron chi connectivity index (χ1n) is 7.76. The number of nitrogens with zero attached hydrogens (tertiary/aromatic N) is 1. The molecular formula is C17H18FN3O2. The molecule has 1 heterocycles. The van der Waals surface area contributed by atoms with Crippen LogP contribution in [0.25, 0.3) is 0 Å². The summed E-state index contributed by atoms with van der Waals surface area (Å²) in [5.74, 6) is -0.663. The van der Waals surface area contributed by atoms with E-state index in [0.717, 1.165) is 6.07 Å². The molecule has 1 aromatic carbocycles. The number of rotatable bonds is 3. The Labute approximate surface area is 133 Å². The second-order valence-electron chi connectivity index (χ2n) is 6.40. The highest BCUT2D eigenvalue weighted by Gasteiger charge is 2.52. The molecule has 2 atom stereocenters. The number of benzene rings is 1. The van der Waals surface area contributed by atoms with Crippen molar-refractivity contribution in [3.8, 4) is 6.07 Å². The van der Waals surface area contributed by atoms with Gasteiger partial charge in [0.1, 0.15) is 5.82 Å². The first-order valence-corrected chi connectivity index (χ1v) is 7.76. The number of halogens is 1. The van der Waals surface area contributed by atoms with Gasteiger partial charge in [0.05, 0.1) is 17.0 Å². The van der Waals surface area contributed by atoms with Crippen LogP contribution in [-0.2, 0) is 15.0 Å². The molecule has 5 nitrogen and oxygen atoms in total. The van der Waals surface area contributed by atoms with Crippen LogP contribution in [0.1, 0.15) is 43.7 Å². The molecule has 1 aromatic rings. The zero-order valence-electron chi connectivity index (χ0n) is 12.9. The fourth-order valence-corrected chi connectivity index (χ4v) is 3.17. The molecule has 0 aromatic heterocycles. The quantitative estimate of drug-likeness (QED) is 0.887. The number of amides is 2. The molecule has 2 amide bonds. The molecular weight excluding hydrogens is 297 g/mol. The van der Waals surface area contributed by atoms with Gasteiger partial charge in [0.15, 0.2) is 0 Å². The third kappa shape index (κ3) is 2.91. The third-order valence-corrected chi connectivity index (χ3v) is 4.76. The molecule has 0 bridgehead atoms. The monoisotopic (exact) mass is 315 g/mol. The van der Waals surface area contributed by atoms with Gasteiger partial charge < -0.3 is 10.6 Å². The summed E-state index contributed by atoms with van der Waals surface area (Å²) in [4.78, 5) is 24.1. The molecule has 2 unspecified atom stereocenters. The summed E-state index contributed by atoms with van der Waals surface area (Å²) in [6.45, 7) is 1.86. The van der Waals surface area contributed by atoms with Gasteiger partial charge >= 0.3 is 0 Å². The van der Waals surface area contributed by atoms with E-state index < -0.39 is 11.2 Å². The van der Waals surface area contributed by atoms with E-state index >= 15 is 0 Å². The van der Waals surface area contributed by atoms with Crippen molar-refractivity contribution in [3.63, 3.8) is 0 Å². The number of carbonyl (C=O) groups excluding carboxylic acids is 2. The van der Waals surface area contributed by atoms with Gasteiger partial charge in [-0.1, -0.05) is 0 Å². The van der Waals surface area contributed by atoms with E-state index in [1.54, 1.807) is 6.07 Å². The average molecular weight is 315 g/mol. The summed E-state index contributed by atoms with van der Waals surface area (Å²) in [7, 11) is 0. The lowest BCUT2D eigenvalue weighted by Crippen LogP contribution is -2.55. The van der Waals surface area contributed by atoms with E-state index in [1.807, 2.05) is 13.0 Å². The highest BCUT2D eigenvalue weighted by Crippen LogP contribution is 2.49. The van der Waals surface area contributed by atoms with E-state index in [4.69, 9.17) is 5.26 Å². The van der Waals surface area contributed by atoms with Crippen molar-refractivity contribution in [2.24, 2.45) is 0 Å². The Morgan fingerprint density at radius 2 is 2.17 bits per heavy atom. The van der Waals surface area contributed by atoms with Crippen LogP contribution in [0.5, 0.6) is 0 Å². The lowest BCUT2D eigenvalue weighted by molar-refractivity contribution is -0.128. The molecule has 120 valence electrons. The van der Waals surface area contributed by atoms with Gasteiger partial charge in [-0.15, -0.1) is 0 Å². The molecule has 2 aliphatic rings. The Hall–Kier alpha value is -2.42. The first-order chi connectivity index (χ1) is 10.9. The van der Waals surface area contributed by atoms with Crippen molar-refractivity contribution >= 4 is 11.8 Å². The van der Waals surface area contributed by atoms with Gasteiger partial charge in [-0.05, 0) is 49.9 Å². The van der Waals surface area contributed by atoms with Crippen molar-refractivity contribution in [1.82, 2.24) is 10.6 Å². The fraction of sp³-hybridized carbons (Fsp3) is 0.471. The van der Waals surface area contributed by atoms with Crippen molar-refractivity contribution < 1.29 is 14.0 Å². The van der Waals surface area contributed by atoms with Crippen LogP contribution < -0.4 is 10.6 Å². The SMILES string of the molecule is CC1NC(=O)CCC1NC(=O)C1(c2cc(F)cc(C#N)c2)CC1. The van der Waals surface area contributed by atoms with Gasteiger partial charge in [0.25, 0.3) is 0 Å². The van der Waals surface area contributed by atoms with Crippen molar-refractivity contribution in [1.29, 1.82) is 5.26 Å². The molecule has 0 radical (unpaired) electrons. The fourth-order valence-electron chi connectivity index (χ4n) is 3.17. The minimum Gasteiger partial charge on any atom is -0.352 e. The van der Waals surface area contributed by atoms with Crippen molar-refractivity contribution in [3.05, 3.63) is 35.1 Å². The topological polar surface area (TPSA) is 82.0 Å². The third-order valence-electron chi connectivity index (χ3n) is 4.76. The predicted molar refractivity (Wildman–Crippen MR) is 80.8 cm³/mol. The molecule has 23 heavy (non-hydrogen) atoms. The van der Waals surface area contributed by atoms with E-state index in [1.165, 1.54) is 6.07 Å². The van der Waals surface area contributed by atoms with E-state index in [-0.39, 0.29) is 29.5 Å². The Morgan fingerprint density at radius 1 is 1.43 bits per heavy atom.